The van der Waals surface area contributed by atoms with E-state index in [0.29, 0.717) is 0 Å². The topological polar surface area (TPSA) is 38.9 Å². The second kappa shape index (κ2) is 6.66. The van der Waals surface area contributed by atoms with Gasteiger partial charge in [-0.25, -0.2) is 0 Å². The van der Waals surface area contributed by atoms with E-state index in [1.54, 1.807) is 0 Å². The van der Waals surface area contributed by atoms with Crippen molar-refractivity contribution in [2.24, 2.45) is 5.41 Å². The zero-order chi connectivity index (χ0) is 21.0. The fourth-order valence-corrected chi connectivity index (χ4v) is 4.45. The summed E-state index contributed by atoms with van der Waals surface area (Å²) in [6.07, 6.45) is 2.92. The average Bonchev–Trinajstić information content (AvgIpc) is 3.06. The number of hydrogen-bond donors (Lipinski definition) is 0. The Bertz CT molecular complexity index is 1420. The standard InChI is InChI=1S/C27H26N2O/c1-16-13-23-19(17(2)29-16)9-10-21-20-7-6-8-22(25(20)30-26(21)23)24-14-18(11-12-28-24)15-27(3,4)5/h6-14H,15H2,1-5H3. The number of pyridine rings is 2. The summed E-state index contributed by atoms with van der Waals surface area (Å²) in [5.41, 5.74) is 7.38. The van der Waals surface area contributed by atoms with E-state index in [-0.39, 0.29) is 5.41 Å². The number of para-hydroxylation sites is 1. The molecule has 5 aromatic rings. The molecule has 0 saturated heterocycles. The van der Waals surface area contributed by atoms with E-state index in [4.69, 9.17) is 4.42 Å². The molecule has 0 N–H and O–H groups in total. The molecule has 3 heterocycles. The van der Waals surface area contributed by atoms with Crippen LogP contribution in [0.5, 0.6) is 0 Å². The first-order valence-electron chi connectivity index (χ1n) is 10.5. The van der Waals surface area contributed by atoms with Gasteiger partial charge in [0.05, 0.1) is 5.69 Å². The maximum Gasteiger partial charge on any atom is 0.144 e. The number of benzene rings is 2. The Morgan fingerprint density at radius 2 is 1.60 bits per heavy atom. The maximum atomic E-state index is 6.53. The lowest BCUT2D eigenvalue weighted by Crippen LogP contribution is -2.09. The highest BCUT2D eigenvalue weighted by Gasteiger charge is 2.17. The van der Waals surface area contributed by atoms with Crippen molar-refractivity contribution in [3.8, 4) is 11.3 Å². The van der Waals surface area contributed by atoms with Crippen LogP contribution in [0.25, 0.3) is 44.0 Å². The second-order valence-corrected chi connectivity index (χ2v) is 9.46. The Morgan fingerprint density at radius 1 is 0.833 bits per heavy atom. The van der Waals surface area contributed by atoms with Gasteiger partial charge in [0.2, 0.25) is 0 Å². The molecular weight excluding hydrogens is 368 g/mol. The molecule has 0 amide bonds. The van der Waals surface area contributed by atoms with Gasteiger partial charge < -0.3 is 4.42 Å². The van der Waals surface area contributed by atoms with E-state index < -0.39 is 0 Å². The highest BCUT2D eigenvalue weighted by molar-refractivity contribution is 6.17. The van der Waals surface area contributed by atoms with Crippen LogP contribution in [-0.4, -0.2) is 9.97 Å². The van der Waals surface area contributed by atoms with E-state index in [1.165, 1.54) is 5.56 Å². The number of furan rings is 1. The molecule has 0 radical (unpaired) electrons. The van der Waals surface area contributed by atoms with Gasteiger partial charge in [-0.1, -0.05) is 39.0 Å². The highest BCUT2D eigenvalue weighted by atomic mass is 16.3. The Balaban J connectivity index is 1.77. The smallest absolute Gasteiger partial charge is 0.144 e. The number of hydrogen-bond acceptors (Lipinski definition) is 3. The fourth-order valence-electron chi connectivity index (χ4n) is 4.45. The molecule has 150 valence electrons. The van der Waals surface area contributed by atoms with Crippen molar-refractivity contribution in [1.29, 1.82) is 0 Å². The van der Waals surface area contributed by atoms with Crippen molar-refractivity contribution in [2.45, 2.75) is 41.0 Å². The van der Waals surface area contributed by atoms with Crippen LogP contribution >= 0.6 is 0 Å². The first kappa shape index (κ1) is 18.8. The van der Waals surface area contributed by atoms with Crippen molar-refractivity contribution in [3.63, 3.8) is 0 Å². The molecule has 0 spiro atoms. The number of rotatable bonds is 2. The minimum atomic E-state index is 0.229. The van der Waals surface area contributed by atoms with Crippen LogP contribution in [0, 0.1) is 19.3 Å². The monoisotopic (exact) mass is 394 g/mol. The lowest BCUT2D eigenvalue weighted by atomic mass is 9.88. The van der Waals surface area contributed by atoms with Crippen LogP contribution in [0.2, 0.25) is 0 Å². The Labute approximate surface area is 176 Å². The van der Waals surface area contributed by atoms with Crippen LogP contribution in [0.1, 0.15) is 37.7 Å². The molecule has 3 heteroatoms. The number of aromatic nitrogens is 2. The van der Waals surface area contributed by atoms with Gasteiger partial charge in [-0.2, -0.15) is 0 Å². The van der Waals surface area contributed by atoms with Gasteiger partial charge >= 0.3 is 0 Å². The average molecular weight is 395 g/mol. The SMILES string of the molecule is Cc1cc2c(ccc3c4cccc(-c5cc(CC(C)(C)C)ccn5)c4oc23)c(C)n1. The number of fused-ring (bicyclic) bond motifs is 5. The summed E-state index contributed by atoms with van der Waals surface area (Å²) >= 11 is 0. The lowest BCUT2D eigenvalue weighted by molar-refractivity contribution is 0.411. The highest BCUT2D eigenvalue weighted by Crippen LogP contribution is 2.39. The third kappa shape index (κ3) is 3.15. The van der Waals surface area contributed by atoms with Crippen molar-refractivity contribution >= 4 is 32.7 Å². The molecule has 0 aliphatic carbocycles. The molecular formula is C27H26N2O. The van der Waals surface area contributed by atoms with E-state index in [1.807, 2.05) is 13.1 Å². The molecule has 0 aliphatic heterocycles. The molecule has 0 fully saturated rings. The summed E-state index contributed by atoms with van der Waals surface area (Å²) in [4.78, 5) is 9.30. The zero-order valence-electron chi connectivity index (χ0n) is 18.2. The number of aryl methyl sites for hydroxylation is 2. The summed E-state index contributed by atoms with van der Waals surface area (Å²) < 4.78 is 6.53. The molecule has 0 saturated carbocycles. The van der Waals surface area contributed by atoms with Crippen LogP contribution in [-0.2, 0) is 6.42 Å². The van der Waals surface area contributed by atoms with Crippen molar-refractivity contribution < 1.29 is 4.42 Å². The van der Waals surface area contributed by atoms with Crippen LogP contribution < -0.4 is 0 Å². The largest absolute Gasteiger partial charge is 0.455 e. The Hall–Kier alpha value is -3.20. The summed E-state index contributed by atoms with van der Waals surface area (Å²) in [7, 11) is 0. The molecule has 30 heavy (non-hydrogen) atoms. The molecule has 3 aromatic heterocycles. The Morgan fingerprint density at radius 3 is 2.40 bits per heavy atom. The normalized spacial score (nSPS) is 12.3. The van der Waals surface area contributed by atoms with E-state index in [9.17, 15) is 0 Å². The van der Waals surface area contributed by atoms with Crippen molar-refractivity contribution in [1.82, 2.24) is 9.97 Å². The van der Waals surface area contributed by atoms with Crippen molar-refractivity contribution in [2.75, 3.05) is 0 Å². The van der Waals surface area contributed by atoms with Crippen molar-refractivity contribution in [3.05, 3.63) is 71.7 Å². The summed E-state index contributed by atoms with van der Waals surface area (Å²) in [5, 5.41) is 4.52. The molecule has 0 bridgehead atoms. The summed E-state index contributed by atoms with van der Waals surface area (Å²) in [5.74, 6) is 0. The molecule has 0 aliphatic rings. The maximum absolute atomic E-state index is 6.53. The van der Waals surface area contributed by atoms with E-state index in [2.05, 4.69) is 86.2 Å². The molecule has 3 nitrogen and oxygen atoms in total. The van der Waals surface area contributed by atoms with Gasteiger partial charge in [0.15, 0.2) is 0 Å². The third-order valence-electron chi connectivity index (χ3n) is 5.63. The van der Waals surface area contributed by atoms with Gasteiger partial charge in [0.1, 0.15) is 11.2 Å². The molecule has 5 rings (SSSR count). The van der Waals surface area contributed by atoms with E-state index in [0.717, 1.165) is 61.8 Å². The molecule has 2 aromatic carbocycles. The first-order valence-corrected chi connectivity index (χ1v) is 10.5. The third-order valence-corrected chi connectivity index (χ3v) is 5.63. The van der Waals surface area contributed by atoms with Crippen LogP contribution in [0.3, 0.4) is 0 Å². The first-order chi connectivity index (χ1) is 14.3. The van der Waals surface area contributed by atoms with Gasteiger partial charge in [-0.15, -0.1) is 0 Å². The van der Waals surface area contributed by atoms with Gasteiger partial charge in [-0.3, -0.25) is 9.97 Å². The minimum absolute atomic E-state index is 0.229. The minimum Gasteiger partial charge on any atom is -0.455 e. The van der Waals surface area contributed by atoms with Crippen LogP contribution in [0.15, 0.2) is 59.1 Å². The Kier molecular flexibility index (Phi) is 4.18. The summed E-state index contributed by atoms with van der Waals surface area (Å²) in [6.45, 7) is 10.9. The second-order valence-electron chi connectivity index (χ2n) is 9.46. The van der Waals surface area contributed by atoms with Gasteiger partial charge in [0.25, 0.3) is 0 Å². The zero-order valence-corrected chi connectivity index (χ0v) is 18.2. The fraction of sp³-hybridized carbons (Fsp3) is 0.259. The number of nitrogens with zero attached hydrogens (tertiary/aromatic N) is 2. The van der Waals surface area contributed by atoms with Gasteiger partial charge in [0, 0.05) is 44.7 Å². The summed E-state index contributed by atoms with van der Waals surface area (Å²) in [6, 6.07) is 17.1. The quantitative estimate of drug-likeness (QED) is 0.313. The predicted molar refractivity (Wildman–Crippen MR) is 125 cm³/mol. The molecule has 0 atom stereocenters. The van der Waals surface area contributed by atoms with Gasteiger partial charge in [-0.05, 0) is 61.6 Å². The van der Waals surface area contributed by atoms with E-state index >= 15 is 0 Å². The lowest BCUT2D eigenvalue weighted by Gasteiger charge is -2.18. The predicted octanol–water partition coefficient (Wildman–Crippen LogP) is 7.40. The molecule has 0 unspecified atom stereocenters. The van der Waals surface area contributed by atoms with Crippen LogP contribution in [0.4, 0.5) is 0 Å².